The van der Waals surface area contributed by atoms with Gasteiger partial charge >= 0.3 is 0 Å². The number of ether oxygens (including phenoxy) is 1. The third-order valence-corrected chi connectivity index (χ3v) is 3.57. The van der Waals surface area contributed by atoms with Crippen molar-refractivity contribution in [2.45, 2.75) is 32.0 Å². The minimum atomic E-state index is -0.483. The first-order valence-electron chi connectivity index (χ1n) is 5.80. The largest absolute Gasteiger partial charge is 0.392 e. The van der Waals surface area contributed by atoms with Gasteiger partial charge in [-0.3, -0.25) is 0 Å². The molecule has 1 N–H and O–H groups in total. The van der Waals surface area contributed by atoms with E-state index in [0.29, 0.717) is 18.1 Å². The second kappa shape index (κ2) is 5.34. The van der Waals surface area contributed by atoms with Crippen LogP contribution in [0.1, 0.15) is 18.9 Å². The minimum absolute atomic E-state index is 0.145. The molecule has 1 fully saturated rings. The van der Waals surface area contributed by atoms with E-state index in [9.17, 15) is 9.50 Å². The molecule has 2 rings (SSSR count). The van der Waals surface area contributed by atoms with E-state index in [2.05, 4.69) is 0 Å². The van der Waals surface area contributed by atoms with Gasteiger partial charge in [-0.2, -0.15) is 0 Å². The highest BCUT2D eigenvalue weighted by Gasteiger charge is 2.28. The van der Waals surface area contributed by atoms with Crippen molar-refractivity contribution in [1.82, 2.24) is 0 Å². The van der Waals surface area contributed by atoms with E-state index < -0.39 is 6.10 Å². The first kappa shape index (κ1) is 12.8. The van der Waals surface area contributed by atoms with Crippen LogP contribution >= 0.6 is 11.6 Å². The molecule has 17 heavy (non-hydrogen) atoms. The van der Waals surface area contributed by atoms with Gasteiger partial charge in [-0.15, -0.1) is 0 Å². The van der Waals surface area contributed by atoms with E-state index in [4.69, 9.17) is 16.3 Å². The normalized spacial score (nSPS) is 26.1. The van der Waals surface area contributed by atoms with E-state index in [1.807, 2.05) is 6.92 Å². The monoisotopic (exact) mass is 258 g/mol. The minimum Gasteiger partial charge on any atom is -0.392 e. The Labute approximate surface area is 105 Å². The molecule has 0 spiro atoms. The molecule has 0 aromatic heterocycles. The van der Waals surface area contributed by atoms with Crippen molar-refractivity contribution in [2.75, 3.05) is 6.61 Å². The van der Waals surface area contributed by atoms with Gasteiger partial charge in [0.15, 0.2) is 0 Å². The van der Waals surface area contributed by atoms with Gasteiger partial charge in [0.2, 0.25) is 0 Å². The Morgan fingerprint density at radius 1 is 1.59 bits per heavy atom. The highest BCUT2D eigenvalue weighted by Crippen LogP contribution is 2.26. The van der Waals surface area contributed by atoms with Crippen LogP contribution in [0.15, 0.2) is 18.2 Å². The van der Waals surface area contributed by atoms with Crippen LogP contribution in [0.2, 0.25) is 5.02 Å². The fraction of sp³-hybridized carbons (Fsp3) is 0.538. The smallest absolute Gasteiger partial charge is 0.124 e. The van der Waals surface area contributed by atoms with Crippen molar-refractivity contribution < 1.29 is 14.2 Å². The summed E-state index contributed by atoms with van der Waals surface area (Å²) in [5.74, 6) is -0.211. The van der Waals surface area contributed by atoms with Gasteiger partial charge in [-0.1, -0.05) is 17.7 Å². The van der Waals surface area contributed by atoms with E-state index in [0.717, 1.165) is 12.0 Å². The van der Waals surface area contributed by atoms with E-state index in [1.165, 1.54) is 12.1 Å². The molecule has 0 radical (unpaired) electrons. The molecule has 0 aliphatic carbocycles. The maximum atomic E-state index is 12.9. The summed E-state index contributed by atoms with van der Waals surface area (Å²) in [4.78, 5) is 0. The van der Waals surface area contributed by atoms with Gasteiger partial charge in [-0.05, 0) is 31.0 Å². The maximum absolute atomic E-state index is 12.9. The topological polar surface area (TPSA) is 29.5 Å². The Morgan fingerprint density at radius 2 is 2.35 bits per heavy atom. The summed E-state index contributed by atoms with van der Waals surface area (Å²) in [6, 6.07) is 4.26. The van der Waals surface area contributed by atoms with E-state index >= 15 is 0 Å². The Bertz CT molecular complexity index is 397. The summed E-state index contributed by atoms with van der Waals surface area (Å²) in [6.07, 6.45) is 1.03. The van der Waals surface area contributed by atoms with E-state index in [1.54, 1.807) is 6.07 Å². The summed E-state index contributed by atoms with van der Waals surface area (Å²) < 4.78 is 18.3. The Morgan fingerprint density at radius 3 is 2.94 bits per heavy atom. The third kappa shape index (κ3) is 3.18. The van der Waals surface area contributed by atoms with Crippen molar-refractivity contribution in [3.63, 3.8) is 0 Å². The predicted molar refractivity (Wildman–Crippen MR) is 64.6 cm³/mol. The Kier molecular flexibility index (Phi) is 4.02. The lowest BCUT2D eigenvalue weighted by atomic mass is 9.94. The third-order valence-electron chi connectivity index (χ3n) is 3.22. The molecule has 0 saturated carbocycles. The molecule has 4 heteroatoms. The van der Waals surface area contributed by atoms with Gasteiger partial charge < -0.3 is 9.84 Å². The molecule has 1 aliphatic heterocycles. The number of rotatable bonds is 3. The molecule has 1 heterocycles. The van der Waals surface area contributed by atoms with Gasteiger partial charge in [-0.25, -0.2) is 4.39 Å². The Balaban J connectivity index is 2.00. The van der Waals surface area contributed by atoms with Crippen LogP contribution in [0.25, 0.3) is 0 Å². The fourth-order valence-electron chi connectivity index (χ4n) is 2.20. The number of hydrogen-bond donors (Lipinski definition) is 1. The van der Waals surface area contributed by atoms with Crippen molar-refractivity contribution in [1.29, 1.82) is 0 Å². The summed E-state index contributed by atoms with van der Waals surface area (Å²) in [6.45, 7) is 2.58. The van der Waals surface area contributed by atoms with Gasteiger partial charge in [0, 0.05) is 17.4 Å². The lowest BCUT2D eigenvalue weighted by molar-refractivity contribution is 0.0807. The highest BCUT2D eigenvalue weighted by atomic mass is 35.5. The van der Waals surface area contributed by atoms with Crippen molar-refractivity contribution >= 4 is 11.6 Å². The SMILES string of the molecule is CC1CC(C(O)Cc2ccc(F)cc2Cl)CO1. The highest BCUT2D eigenvalue weighted by molar-refractivity contribution is 6.31. The van der Waals surface area contributed by atoms with Crippen LogP contribution in [-0.2, 0) is 11.2 Å². The molecule has 1 aromatic rings. The van der Waals surface area contributed by atoms with E-state index in [-0.39, 0.29) is 17.8 Å². The second-order valence-corrected chi connectivity index (χ2v) is 5.05. The van der Waals surface area contributed by atoms with Crippen LogP contribution < -0.4 is 0 Å². The van der Waals surface area contributed by atoms with Crippen molar-refractivity contribution in [2.24, 2.45) is 5.92 Å². The zero-order valence-electron chi connectivity index (χ0n) is 9.70. The first-order chi connectivity index (χ1) is 8.06. The molecule has 1 saturated heterocycles. The molecule has 2 nitrogen and oxygen atoms in total. The van der Waals surface area contributed by atoms with Crippen LogP contribution in [0.4, 0.5) is 4.39 Å². The predicted octanol–water partition coefficient (Wildman–Crippen LogP) is 2.81. The number of benzene rings is 1. The lowest BCUT2D eigenvalue weighted by Crippen LogP contribution is -2.23. The zero-order valence-corrected chi connectivity index (χ0v) is 10.5. The number of aliphatic hydroxyl groups is 1. The standard InChI is InChI=1S/C13H16ClFO2/c1-8-4-10(7-17-8)13(16)5-9-2-3-11(15)6-12(9)14/h2-3,6,8,10,13,16H,4-5,7H2,1H3. The van der Waals surface area contributed by atoms with Gasteiger partial charge in [0.1, 0.15) is 5.82 Å². The molecular weight excluding hydrogens is 243 g/mol. The summed E-state index contributed by atoms with van der Waals surface area (Å²) in [7, 11) is 0. The van der Waals surface area contributed by atoms with Gasteiger partial charge in [0.05, 0.1) is 18.8 Å². The molecule has 0 amide bonds. The van der Waals surface area contributed by atoms with Crippen molar-refractivity contribution in [3.05, 3.63) is 34.6 Å². The maximum Gasteiger partial charge on any atom is 0.124 e. The summed E-state index contributed by atoms with van der Waals surface area (Å²) >= 11 is 5.93. The van der Waals surface area contributed by atoms with Crippen LogP contribution in [0.5, 0.6) is 0 Å². The number of halogens is 2. The van der Waals surface area contributed by atoms with Crippen LogP contribution in [0.3, 0.4) is 0 Å². The average molecular weight is 259 g/mol. The first-order valence-corrected chi connectivity index (χ1v) is 6.17. The molecule has 94 valence electrons. The van der Waals surface area contributed by atoms with Gasteiger partial charge in [0.25, 0.3) is 0 Å². The number of hydrogen-bond acceptors (Lipinski definition) is 2. The quantitative estimate of drug-likeness (QED) is 0.903. The zero-order chi connectivity index (χ0) is 12.4. The molecule has 3 unspecified atom stereocenters. The summed E-state index contributed by atoms with van der Waals surface area (Å²) in [5, 5.41) is 10.5. The van der Waals surface area contributed by atoms with Crippen LogP contribution in [-0.4, -0.2) is 23.9 Å². The molecule has 0 bridgehead atoms. The Hall–Kier alpha value is -0.640. The molecular formula is C13H16ClFO2. The lowest BCUT2D eigenvalue weighted by Gasteiger charge is -2.17. The molecule has 1 aromatic carbocycles. The fourth-order valence-corrected chi connectivity index (χ4v) is 2.44. The number of aliphatic hydroxyl groups excluding tert-OH is 1. The van der Waals surface area contributed by atoms with Crippen LogP contribution in [0, 0.1) is 11.7 Å². The molecule has 1 aliphatic rings. The second-order valence-electron chi connectivity index (χ2n) is 4.65. The average Bonchev–Trinajstić information content (AvgIpc) is 2.69. The van der Waals surface area contributed by atoms with Crippen molar-refractivity contribution in [3.8, 4) is 0 Å². The summed E-state index contributed by atoms with van der Waals surface area (Å²) in [5.41, 5.74) is 0.778. The molecule has 3 atom stereocenters.